The van der Waals surface area contributed by atoms with Gasteiger partial charge in [-0.2, -0.15) is 0 Å². The molecule has 3 N–H and O–H groups in total. The number of imidazole rings is 1. The lowest BCUT2D eigenvalue weighted by Gasteiger charge is -2.09. The van der Waals surface area contributed by atoms with Crippen molar-refractivity contribution >= 4 is 43.8 Å². The Balaban J connectivity index is 1.41. The molecule has 0 bridgehead atoms. The van der Waals surface area contributed by atoms with Crippen molar-refractivity contribution in [1.29, 1.82) is 0 Å². The zero-order valence-electron chi connectivity index (χ0n) is 15.7. The summed E-state index contributed by atoms with van der Waals surface area (Å²) < 4.78 is 24.8. The van der Waals surface area contributed by atoms with E-state index >= 15 is 0 Å². The number of sulfone groups is 1. The first-order valence-corrected chi connectivity index (χ1v) is 11.5. The van der Waals surface area contributed by atoms with Crippen molar-refractivity contribution in [2.75, 3.05) is 10.6 Å². The third-order valence-electron chi connectivity index (χ3n) is 4.69. The lowest BCUT2D eigenvalue weighted by Crippen LogP contribution is -2.20. The largest absolute Gasteiger partial charge is 0.335 e. The summed E-state index contributed by atoms with van der Waals surface area (Å²) in [4.78, 5) is 39.1. The fourth-order valence-electron chi connectivity index (χ4n) is 3.23. The van der Waals surface area contributed by atoms with E-state index in [1.807, 2.05) is 0 Å². The average molecular weight is 447 g/mol. The Morgan fingerprint density at radius 2 is 1.90 bits per heavy atom. The molecule has 3 aromatic rings. The third kappa shape index (κ3) is 4.24. The molecule has 1 saturated carbocycles. The average Bonchev–Trinajstić information content (AvgIpc) is 3.49. The van der Waals surface area contributed by atoms with Crippen LogP contribution in [0.4, 0.5) is 15.6 Å². The first kappa shape index (κ1) is 20.2. The number of H-pyrrole nitrogens is 1. The predicted molar refractivity (Wildman–Crippen MR) is 109 cm³/mol. The zero-order valence-corrected chi connectivity index (χ0v) is 17.3. The van der Waals surface area contributed by atoms with E-state index in [1.54, 1.807) is 6.07 Å². The molecule has 1 fully saturated rings. The second-order valence-corrected chi connectivity index (χ2v) is 9.86. The number of pyridine rings is 1. The molecule has 12 heteroatoms. The van der Waals surface area contributed by atoms with Crippen LogP contribution in [-0.2, 0) is 9.84 Å². The maximum atomic E-state index is 12.5. The minimum absolute atomic E-state index is 0.00794. The molecule has 0 saturated heterocycles. The lowest BCUT2D eigenvalue weighted by molar-refractivity contribution is 0.0917. The van der Waals surface area contributed by atoms with Gasteiger partial charge in [-0.3, -0.25) is 15.1 Å². The molecule has 0 aliphatic heterocycles. The molecule has 3 aromatic heterocycles. The molecule has 156 valence electrons. The quantitative estimate of drug-likeness (QED) is 0.493. The maximum absolute atomic E-state index is 12.5. The molecule has 0 atom stereocenters. The second-order valence-electron chi connectivity index (χ2n) is 6.74. The van der Waals surface area contributed by atoms with E-state index in [0.29, 0.717) is 11.4 Å². The van der Waals surface area contributed by atoms with Crippen molar-refractivity contribution in [3.8, 4) is 0 Å². The third-order valence-corrected chi connectivity index (χ3v) is 7.68. The van der Waals surface area contributed by atoms with Crippen molar-refractivity contribution in [3.05, 3.63) is 42.6 Å². The van der Waals surface area contributed by atoms with E-state index in [9.17, 15) is 18.0 Å². The van der Waals surface area contributed by atoms with Crippen LogP contribution < -0.4 is 10.6 Å². The van der Waals surface area contributed by atoms with Crippen LogP contribution in [0.15, 0.2) is 46.3 Å². The molecular weight excluding hydrogens is 428 g/mol. The highest BCUT2D eigenvalue weighted by Crippen LogP contribution is 2.29. The highest BCUT2D eigenvalue weighted by Gasteiger charge is 2.25. The number of carbonyl (C=O) groups is 2. The zero-order chi connectivity index (χ0) is 21.1. The van der Waals surface area contributed by atoms with Gasteiger partial charge in [0.15, 0.2) is 10.9 Å². The summed E-state index contributed by atoms with van der Waals surface area (Å²) in [6.45, 7) is 0. The summed E-state index contributed by atoms with van der Waals surface area (Å²) in [5.74, 6) is -0.0179. The summed E-state index contributed by atoms with van der Waals surface area (Å²) in [6.07, 6.45) is 9.18. The smallest absolute Gasteiger partial charge is 0.325 e. The lowest BCUT2D eigenvalue weighted by atomic mass is 9.99. The minimum atomic E-state index is -3.82. The SMILES string of the molecule is O=C(Nc1ccnc(C(=O)C2CCCC2)c1)Nc1ncc(S(=O)(=O)c2ncc[nH]2)s1. The van der Waals surface area contributed by atoms with Crippen molar-refractivity contribution in [1.82, 2.24) is 19.9 Å². The highest BCUT2D eigenvalue weighted by molar-refractivity contribution is 7.93. The summed E-state index contributed by atoms with van der Waals surface area (Å²) in [5.41, 5.74) is 0.726. The first-order valence-electron chi connectivity index (χ1n) is 9.22. The van der Waals surface area contributed by atoms with Gasteiger partial charge in [0, 0.05) is 30.2 Å². The Kier molecular flexibility index (Phi) is 5.59. The summed E-state index contributed by atoms with van der Waals surface area (Å²) in [5, 5.41) is 5.01. The number of thiazole rings is 1. The van der Waals surface area contributed by atoms with Gasteiger partial charge < -0.3 is 10.3 Å². The number of hydrogen-bond acceptors (Lipinski definition) is 8. The fourth-order valence-corrected chi connectivity index (χ4v) is 5.50. The van der Waals surface area contributed by atoms with Crippen LogP contribution in [0.25, 0.3) is 0 Å². The van der Waals surface area contributed by atoms with Gasteiger partial charge in [0.2, 0.25) is 5.16 Å². The van der Waals surface area contributed by atoms with Gasteiger partial charge in [-0.1, -0.05) is 24.2 Å². The molecule has 30 heavy (non-hydrogen) atoms. The Morgan fingerprint density at radius 3 is 2.63 bits per heavy atom. The Bertz CT molecular complexity index is 1170. The molecular formula is C18H18N6O4S2. The number of aromatic nitrogens is 4. The molecule has 0 radical (unpaired) electrons. The van der Waals surface area contributed by atoms with Crippen LogP contribution >= 0.6 is 11.3 Å². The number of nitrogens with one attached hydrogen (secondary N) is 3. The molecule has 0 spiro atoms. The number of anilines is 2. The second kappa shape index (κ2) is 8.32. The molecule has 0 aromatic carbocycles. The van der Waals surface area contributed by atoms with Crippen molar-refractivity contribution in [2.45, 2.75) is 35.0 Å². The number of Topliss-reactive ketones (excluding diaryl/α,β-unsaturated/α-hetero) is 1. The summed E-state index contributed by atoms with van der Waals surface area (Å²) >= 11 is 0.804. The van der Waals surface area contributed by atoms with Gasteiger partial charge in [-0.25, -0.2) is 23.2 Å². The number of hydrogen-bond donors (Lipinski definition) is 3. The first-order chi connectivity index (χ1) is 14.4. The van der Waals surface area contributed by atoms with E-state index in [1.165, 1.54) is 24.7 Å². The topological polar surface area (TPSA) is 147 Å². The molecule has 2 amide bonds. The maximum Gasteiger partial charge on any atom is 0.325 e. The van der Waals surface area contributed by atoms with Gasteiger partial charge >= 0.3 is 6.03 Å². The van der Waals surface area contributed by atoms with E-state index in [-0.39, 0.29) is 26.2 Å². The monoisotopic (exact) mass is 446 g/mol. The molecule has 0 unspecified atom stereocenters. The van der Waals surface area contributed by atoms with E-state index < -0.39 is 15.9 Å². The van der Waals surface area contributed by atoms with Gasteiger partial charge in [0.05, 0.1) is 6.20 Å². The molecule has 1 aliphatic rings. The van der Waals surface area contributed by atoms with E-state index in [4.69, 9.17) is 0 Å². The molecule has 10 nitrogen and oxygen atoms in total. The molecule has 1 aliphatic carbocycles. The molecule has 3 heterocycles. The number of carbonyl (C=O) groups excluding carboxylic acids is 2. The van der Waals surface area contributed by atoms with Crippen LogP contribution in [0.3, 0.4) is 0 Å². The number of ketones is 1. The Hall–Kier alpha value is -3.12. The standard InChI is InChI=1S/C18H18N6O4S2/c25-15(11-3-1-2-4-11)13-9-12(5-6-19-13)23-16(26)24-17-22-10-14(29-17)30(27,28)18-20-7-8-21-18/h5-11H,1-4H2,(H,20,21)(H2,19,22,23,24,26). The molecule has 4 rings (SSSR count). The van der Waals surface area contributed by atoms with Gasteiger partial charge in [0.1, 0.15) is 9.90 Å². The normalized spacial score (nSPS) is 14.5. The van der Waals surface area contributed by atoms with Crippen LogP contribution in [0, 0.1) is 5.92 Å². The fraction of sp³-hybridized carbons (Fsp3) is 0.278. The Labute approximate surface area is 176 Å². The number of amides is 2. The van der Waals surface area contributed by atoms with Gasteiger partial charge in [-0.15, -0.1) is 0 Å². The highest BCUT2D eigenvalue weighted by atomic mass is 32.2. The van der Waals surface area contributed by atoms with Gasteiger partial charge in [0.25, 0.3) is 9.84 Å². The number of urea groups is 1. The van der Waals surface area contributed by atoms with Crippen molar-refractivity contribution in [3.63, 3.8) is 0 Å². The minimum Gasteiger partial charge on any atom is -0.335 e. The van der Waals surface area contributed by atoms with E-state index in [0.717, 1.165) is 43.2 Å². The number of rotatable bonds is 6. The summed E-state index contributed by atoms with van der Waals surface area (Å²) in [7, 11) is -3.82. The number of aromatic amines is 1. The van der Waals surface area contributed by atoms with Crippen LogP contribution in [0.5, 0.6) is 0 Å². The van der Waals surface area contributed by atoms with Crippen LogP contribution in [0.1, 0.15) is 36.2 Å². The van der Waals surface area contributed by atoms with E-state index in [2.05, 4.69) is 30.6 Å². The Morgan fingerprint density at radius 1 is 1.10 bits per heavy atom. The van der Waals surface area contributed by atoms with Gasteiger partial charge in [-0.05, 0) is 25.0 Å². The van der Waals surface area contributed by atoms with Crippen LogP contribution in [-0.4, -0.2) is 40.2 Å². The summed E-state index contributed by atoms with van der Waals surface area (Å²) in [6, 6.07) is 2.49. The number of nitrogens with zero attached hydrogens (tertiary/aromatic N) is 3. The van der Waals surface area contributed by atoms with Crippen molar-refractivity contribution in [2.24, 2.45) is 5.92 Å². The van der Waals surface area contributed by atoms with Crippen LogP contribution in [0.2, 0.25) is 0 Å². The van der Waals surface area contributed by atoms with Crippen molar-refractivity contribution < 1.29 is 18.0 Å². The predicted octanol–water partition coefficient (Wildman–Crippen LogP) is 3.11.